The van der Waals surface area contributed by atoms with Crippen LogP contribution in [-0.2, 0) is 0 Å². The van der Waals surface area contributed by atoms with E-state index in [0.717, 1.165) is 37.0 Å². The number of rotatable bonds is 4. The molecule has 0 spiro atoms. The van der Waals surface area contributed by atoms with Crippen molar-refractivity contribution in [1.82, 2.24) is 10.3 Å². The van der Waals surface area contributed by atoms with Crippen molar-refractivity contribution in [3.05, 3.63) is 58.5 Å². The summed E-state index contributed by atoms with van der Waals surface area (Å²) in [5.74, 6) is 1.13. The molecule has 1 fully saturated rings. The first-order valence-electron chi connectivity index (χ1n) is 9.27. The van der Waals surface area contributed by atoms with Crippen molar-refractivity contribution in [3.8, 4) is 0 Å². The van der Waals surface area contributed by atoms with Crippen LogP contribution in [0.2, 0.25) is 0 Å². The first kappa shape index (κ1) is 20.7. The number of pyridine rings is 1. The van der Waals surface area contributed by atoms with Gasteiger partial charge >= 0.3 is 0 Å². The molecule has 2 heterocycles. The maximum absolute atomic E-state index is 12.2. The van der Waals surface area contributed by atoms with Gasteiger partial charge in [-0.3, -0.25) is 4.79 Å². The van der Waals surface area contributed by atoms with Gasteiger partial charge in [-0.25, -0.2) is 4.98 Å². The van der Waals surface area contributed by atoms with E-state index >= 15 is 0 Å². The third-order valence-corrected chi connectivity index (χ3v) is 5.56. The molecule has 1 saturated carbocycles. The second-order valence-corrected chi connectivity index (χ2v) is 7.89. The van der Waals surface area contributed by atoms with Crippen LogP contribution >= 0.6 is 28.3 Å². The Hall–Kier alpha value is -2.05. The molecule has 0 bridgehead atoms. The first-order valence-corrected chi connectivity index (χ1v) is 10.1. The number of carbonyl (C=O) groups excluding carboxylic acids is 1. The van der Waals surface area contributed by atoms with E-state index in [9.17, 15) is 4.79 Å². The first-order chi connectivity index (χ1) is 13.1. The predicted molar refractivity (Wildman–Crippen MR) is 117 cm³/mol. The van der Waals surface area contributed by atoms with E-state index in [2.05, 4.69) is 45.6 Å². The zero-order valence-electron chi connectivity index (χ0n) is 15.6. The van der Waals surface area contributed by atoms with Gasteiger partial charge < -0.3 is 15.1 Å². The molecule has 2 aromatic heterocycles. The Morgan fingerprint density at radius 2 is 1.82 bits per heavy atom. The van der Waals surface area contributed by atoms with E-state index in [4.69, 9.17) is 9.40 Å². The summed E-state index contributed by atoms with van der Waals surface area (Å²) >= 11 is 3.22. The lowest BCUT2D eigenvalue weighted by atomic mass is 9.91. The van der Waals surface area contributed by atoms with Crippen LogP contribution in [0.15, 0.2) is 51.6 Å². The molecule has 0 atom stereocenters. The third-order valence-electron chi connectivity index (χ3n) is 5.13. The topological polar surface area (TPSA) is 67.2 Å². The molecular formula is C21H23BrClN3O2. The van der Waals surface area contributed by atoms with Crippen LogP contribution < -0.4 is 10.6 Å². The molecule has 3 aromatic rings. The molecule has 5 nitrogen and oxygen atoms in total. The molecule has 1 amide bonds. The number of hydrogen-bond donors (Lipinski definition) is 2. The molecule has 1 aromatic carbocycles. The van der Waals surface area contributed by atoms with Crippen LogP contribution in [0.25, 0.3) is 10.9 Å². The van der Waals surface area contributed by atoms with E-state index in [0.29, 0.717) is 16.5 Å². The van der Waals surface area contributed by atoms with Crippen molar-refractivity contribution in [2.75, 3.05) is 5.32 Å². The van der Waals surface area contributed by atoms with E-state index < -0.39 is 0 Å². The van der Waals surface area contributed by atoms with E-state index in [1.807, 2.05) is 18.2 Å². The Balaban J connectivity index is 0.00000225. The molecule has 28 heavy (non-hydrogen) atoms. The summed E-state index contributed by atoms with van der Waals surface area (Å²) in [4.78, 5) is 17.0. The number of nitrogens with one attached hydrogen (secondary N) is 2. The van der Waals surface area contributed by atoms with Gasteiger partial charge in [0.15, 0.2) is 10.4 Å². The molecule has 148 valence electrons. The van der Waals surface area contributed by atoms with Gasteiger partial charge in [0.2, 0.25) is 0 Å². The fourth-order valence-corrected chi connectivity index (χ4v) is 4.01. The van der Waals surface area contributed by atoms with Crippen molar-refractivity contribution in [2.24, 2.45) is 0 Å². The molecular weight excluding hydrogens is 442 g/mol. The second-order valence-electron chi connectivity index (χ2n) is 7.11. The third kappa shape index (κ3) is 4.67. The number of carbonyl (C=O) groups is 1. The fraction of sp³-hybridized carbons (Fsp3) is 0.333. The highest BCUT2D eigenvalue weighted by Gasteiger charge is 2.24. The maximum atomic E-state index is 12.2. The van der Waals surface area contributed by atoms with Gasteiger partial charge in [0.25, 0.3) is 5.91 Å². The lowest BCUT2D eigenvalue weighted by Gasteiger charge is -2.30. The van der Waals surface area contributed by atoms with Crippen LogP contribution in [0, 0.1) is 6.92 Å². The van der Waals surface area contributed by atoms with Gasteiger partial charge in [0.1, 0.15) is 5.82 Å². The normalized spacial score (nSPS) is 19.1. The summed E-state index contributed by atoms with van der Waals surface area (Å²) in [5.41, 5.74) is 2.25. The molecule has 0 saturated heterocycles. The van der Waals surface area contributed by atoms with E-state index in [-0.39, 0.29) is 24.4 Å². The van der Waals surface area contributed by atoms with E-state index in [1.54, 1.807) is 12.1 Å². The largest absolute Gasteiger partial charge is 0.444 e. The van der Waals surface area contributed by atoms with Crippen LogP contribution in [0.4, 0.5) is 5.82 Å². The summed E-state index contributed by atoms with van der Waals surface area (Å²) in [5, 5.41) is 7.84. The average Bonchev–Trinajstić information content (AvgIpc) is 3.10. The number of para-hydroxylation sites is 1. The molecule has 0 radical (unpaired) electrons. The van der Waals surface area contributed by atoms with Gasteiger partial charge in [0, 0.05) is 17.5 Å². The lowest BCUT2D eigenvalue weighted by Crippen LogP contribution is -2.40. The van der Waals surface area contributed by atoms with Crippen molar-refractivity contribution in [3.63, 3.8) is 0 Å². The number of anilines is 1. The van der Waals surface area contributed by atoms with Crippen molar-refractivity contribution >= 4 is 51.0 Å². The highest BCUT2D eigenvalue weighted by Crippen LogP contribution is 2.25. The standard InChI is InChI=1S/C21H22BrN3O2.ClH/c1-13-12-20(25-17-5-3-2-4-16(13)17)23-14-6-8-15(9-7-14)24-21(26)18-10-11-19(22)27-18;/h2-5,10-12,14-15H,6-9H2,1H3,(H,23,25)(H,24,26);1H/t14-,15+;. The zero-order chi connectivity index (χ0) is 18.8. The summed E-state index contributed by atoms with van der Waals surface area (Å²) < 4.78 is 5.89. The number of aromatic nitrogens is 1. The highest BCUT2D eigenvalue weighted by atomic mass is 79.9. The number of halogens is 2. The SMILES string of the molecule is Cc1cc(N[C@H]2CC[C@@H](NC(=O)c3ccc(Br)o3)CC2)nc2ccccc12.Cl. The summed E-state index contributed by atoms with van der Waals surface area (Å²) in [6, 6.07) is 14.3. The van der Waals surface area contributed by atoms with Gasteiger partial charge in [-0.15, -0.1) is 12.4 Å². The Bertz CT molecular complexity index is 967. The molecule has 1 aliphatic carbocycles. The van der Waals surface area contributed by atoms with Crippen molar-refractivity contribution in [1.29, 1.82) is 0 Å². The number of fused-ring (bicyclic) bond motifs is 1. The number of nitrogens with zero attached hydrogens (tertiary/aromatic N) is 1. The van der Waals surface area contributed by atoms with Crippen LogP contribution in [0.5, 0.6) is 0 Å². The number of furan rings is 1. The number of aryl methyl sites for hydroxylation is 1. The molecule has 2 N–H and O–H groups in total. The van der Waals surface area contributed by atoms with E-state index in [1.165, 1.54) is 10.9 Å². The monoisotopic (exact) mass is 463 g/mol. The maximum Gasteiger partial charge on any atom is 0.287 e. The Morgan fingerprint density at radius 1 is 1.11 bits per heavy atom. The second kappa shape index (κ2) is 8.97. The highest BCUT2D eigenvalue weighted by molar-refractivity contribution is 9.10. The quantitative estimate of drug-likeness (QED) is 0.537. The Morgan fingerprint density at radius 3 is 2.54 bits per heavy atom. The Labute approximate surface area is 178 Å². The molecule has 0 unspecified atom stereocenters. The van der Waals surface area contributed by atoms with Crippen LogP contribution in [0.3, 0.4) is 0 Å². The zero-order valence-corrected chi connectivity index (χ0v) is 18.0. The number of amides is 1. The van der Waals surface area contributed by atoms with Gasteiger partial charge in [0.05, 0.1) is 5.52 Å². The summed E-state index contributed by atoms with van der Waals surface area (Å²) in [6.45, 7) is 2.12. The van der Waals surface area contributed by atoms with Crippen LogP contribution in [0.1, 0.15) is 41.8 Å². The van der Waals surface area contributed by atoms with Crippen molar-refractivity contribution in [2.45, 2.75) is 44.7 Å². The lowest BCUT2D eigenvalue weighted by molar-refractivity contribution is 0.0897. The summed E-state index contributed by atoms with van der Waals surface area (Å²) in [6.07, 6.45) is 3.89. The predicted octanol–water partition coefficient (Wildman–Crippen LogP) is 5.47. The number of benzene rings is 1. The smallest absolute Gasteiger partial charge is 0.287 e. The van der Waals surface area contributed by atoms with Gasteiger partial charge in [-0.1, -0.05) is 18.2 Å². The minimum Gasteiger partial charge on any atom is -0.444 e. The minimum absolute atomic E-state index is 0. The Kier molecular flexibility index (Phi) is 6.62. The summed E-state index contributed by atoms with van der Waals surface area (Å²) in [7, 11) is 0. The molecule has 1 aliphatic rings. The van der Waals surface area contributed by atoms with Crippen LogP contribution in [-0.4, -0.2) is 23.0 Å². The average molecular weight is 465 g/mol. The fourth-order valence-electron chi connectivity index (χ4n) is 3.71. The molecule has 0 aliphatic heterocycles. The molecule has 4 rings (SSSR count). The van der Waals surface area contributed by atoms with Crippen molar-refractivity contribution < 1.29 is 9.21 Å². The van der Waals surface area contributed by atoms with Gasteiger partial charge in [-0.2, -0.15) is 0 Å². The number of hydrogen-bond acceptors (Lipinski definition) is 4. The minimum atomic E-state index is -0.149. The molecule has 7 heteroatoms. The van der Waals surface area contributed by atoms with Gasteiger partial charge in [-0.05, 0) is 78.4 Å².